The number of hydrogen-bond donors (Lipinski definition) is 2. The van der Waals surface area contributed by atoms with Gasteiger partial charge in [-0.15, -0.1) is 0 Å². The van der Waals surface area contributed by atoms with Crippen molar-refractivity contribution in [3.8, 4) is 5.75 Å². The third-order valence-corrected chi connectivity index (χ3v) is 4.46. The number of aliphatic hydroxyl groups excluding tert-OH is 2. The molecule has 0 bridgehead atoms. The van der Waals surface area contributed by atoms with E-state index in [1.807, 2.05) is 0 Å². The van der Waals surface area contributed by atoms with E-state index >= 15 is 0 Å². The third kappa shape index (κ3) is 8.31. The minimum atomic E-state index is -0.372. The van der Waals surface area contributed by atoms with E-state index in [1.165, 1.54) is 0 Å². The first-order valence-electron chi connectivity index (χ1n) is 9.08. The van der Waals surface area contributed by atoms with Crippen LogP contribution in [0, 0.1) is 0 Å². The Morgan fingerprint density at radius 2 is 1.42 bits per heavy atom. The Hall–Kier alpha value is -0.731. The van der Waals surface area contributed by atoms with Gasteiger partial charge in [0.25, 0.3) is 0 Å². The average Bonchev–Trinajstić information content (AvgIpc) is 2.62. The van der Waals surface area contributed by atoms with Gasteiger partial charge in [0.2, 0.25) is 0 Å². The number of rotatable bonds is 6. The average molecular weight is 407 g/mol. The van der Waals surface area contributed by atoms with Crippen LogP contribution in [0.2, 0.25) is 0 Å². The Labute approximate surface area is 167 Å². The molecule has 0 radical (unpaired) electrons. The van der Waals surface area contributed by atoms with Gasteiger partial charge in [-0.1, -0.05) is 11.8 Å². The zero-order valence-electron chi connectivity index (χ0n) is 15.7. The van der Waals surface area contributed by atoms with E-state index < -0.39 is 0 Å². The second-order valence-electron chi connectivity index (χ2n) is 7.02. The van der Waals surface area contributed by atoms with Crippen LogP contribution in [0.5, 0.6) is 5.75 Å². The Kier molecular flexibility index (Phi) is 10.6. The van der Waals surface area contributed by atoms with Crippen molar-refractivity contribution < 1.29 is 32.4 Å². The van der Waals surface area contributed by atoms with Gasteiger partial charge in [0.1, 0.15) is 0 Å². The molecule has 2 N–H and O–H groups in total. The molecule has 0 saturated carbocycles. The molecule has 1 fully saturated rings. The fourth-order valence-corrected chi connectivity index (χ4v) is 3.21. The Balaban J connectivity index is 0.00000338. The number of pyridine rings is 1. The van der Waals surface area contributed by atoms with Crippen LogP contribution in [0.15, 0.2) is 18.3 Å². The van der Waals surface area contributed by atoms with Crippen molar-refractivity contribution in [1.82, 2.24) is 19.7 Å². The van der Waals surface area contributed by atoms with E-state index in [1.54, 1.807) is 32.2 Å². The maximum Gasteiger partial charge on any atom is 6.00 e. The predicted molar refractivity (Wildman–Crippen MR) is 95.2 cm³/mol. The van der Waals surface area contributed by atoms with Crippen molar-refractivity contribution in [2.75, 3.05) is 52.4 Å². The van der Waals surface area contributed by atoms with Gasteiger partial charge in [0, 0.05) is 70.8 Å². The smallest absolute Gasteiger partial charge is 0.871 e. The van der Waals surface area contributed by atoms with Gasteiger partial charge in [0.05, 0.1) is 12.2 Å². The zero-order chi connectivity index (χ0) is 18.2. The Morgan fingerprint density at radius 1 is 0.962 bits per heavy atom. The molecule has 8 heteroatoms. The third-order valence-electron chi connectivity index (χ3n) is 4.46. The first-order chi connectivity index (χ1) is 11.9. The van der Waals surface area contributed by atoms with Gasteiger partial charge in [-0.3, -0.25) is 19.7 Å². The van der Waals surface area contributed by atoms with E-state index in [0.29, 0.717) is 25.3 Å². The summed E-state index contributed by atoms with van der Waals surface area (Å²) < 4.78 is 0. The summed E-state index contributed by atoms with van der Waals surface area (Å²) in [5.41, 5.74) is 0.575. The molecule has 2 atom stereocenters. The summed E-state index contributed by atoms with van der Waals surface area (Å²) in [7, 11) is 0. The molecule has 0 unspecified atom stereocenters. The molecule has 1 aromatic heterocycles. The molecule has 0 aliphatic carbocycles. The topological polar surface area (TPSA) is 86.1 Å². The second-order valence-corrected chi connectivity index (χ2v) is 7.02. The molecule has 0 spiro atoms. The number of β-amino-alcohol motifs (C(OH)–C–C–N with tert-alkyl or cyclic N) is 2. The molecule has 7 nitrogen and oxygen atoms in total. The predicted octanol–water partition coefficient (Wildman–Crippen LogP) is -0.666. The number of hydrogen-bond acceptors (Lipinski definition) is 7. The first-order valence-corrected chi connectivity index (χ1v) is 9.08. The summed E-state index contributed by atoms with van der Waals surface area (Å²) in [5, 5.41) is 31.4. The summed E-state index contributed by atoms with van der Waals surface area (Å²) in [6.45, 7) is 10.5. The maximum absolute atomic E-state index is 12.0. The minimum absolute atomic E-state index is 0. The Bertz CT molecular complexity index is 497. The van der Waals surface area contributed by atoms with Crippen molar-refractivity contribution >= 4 is 0 Å². The van der Waals surface area contributed by atoms with E-state index in [-0.39, 0.29) is 35.0 Å². The van der Waals surface area contributed by atoms with Gasteiger partial charge in [-0.2, -0.15) is 0 Å². The molecule has 1 aromatic rings. The maximum atomic E-state index is 12.0. The molecule has 144 valence electrons. The molecule has 1 saturated heterocycles. The second kappa shape index (κ2) is 11.9. The van der Waals surface area contributed by atoms with Crippen LogP contribution >= 0.6 is 0 Å². The summed E-state index contributed by atoms with van der Waals surface area (Å²) >= 11 is 0. The van der Waals surface area contributed by atoms with E-state index in [9.17, 15) is 15.3 Å². The summed E-state index contributed by atoms with van der Waals surface area (Å²) in [5.74, 6) is -0.0240. The van der Waals surface area contributed by atoms with Crippen molar-refractivity contribution in [2.24, 2.45) is 0 Å². The monoisotopic (exact) mass is 407 g/mol. The van der Waals surface area contributed by atoms with Crippen molar-refractivity contribution in [2.45, 2.75) is 32.6 Å². The van der Waals surface area contributed by atoms with Gasteiger partial charge in [-0.05, 0) is 19.9 Å². The standard InChI is InChI=1S/C18H32N4O3.Fe/c1-15(23)12-20-6-7-21(13-16(2)24)9-11-22(10-8-20)14-17-18(25)4-3-5-19-17;/h3-5,15-16,23-25H,6-14H2,1-2H3;/q;+6/p-1/t15-,16-;/m0./s1. The van der Waals surface area contributed by atoms with E-state index in [2.05, 4.69) is 19.7 Å². The van der Waals surface area contributed by atoms with Crippen LogP contribution in [0.1, 0.15) is 19.5 Å². The zero-order valence-corrected chi connectivity index (χ0v) is 16.8. The number of aliphatic hydroxyl groups is 2. The molecule has 2 heterocycles. The molecule has 2 rings (SSSR count). The minimum Gasteiger partial charge on any atom is -0.871 e. The van der Waals surface area contributed by atoms with Crippen LogP contribution in [0.3, 0.4) is 0 Å². The summed E-state index contributed by atoms with van der Waals surface area (Å²) in [6, 6.07) is 3.22. The first kappa shape index (κ1) is 23.3. The molecular formula is C18H31FeN4O3+5. The van der Waals surface area contributed by atoms with Crippen LogP contribution in [0.25, 0.3) is 0 Å². The number of nitrogens with zero attached hydrogens (tertiary/aromatic N) is 4. The van der Waals surface area contributed by atoms with E-state index in [0.717, 1.165) is 39.3 Å². The van der Waals surface area contributed by atoms with Gasteiger partial charge in [0.15, 0.2) is 0 Å². The van der Waals surface area contributed by atoms with Crippen LogP contribution in [0.4, 0.5) is 0 Å². The van der Waals surface area contributed by atoms with E-state index in [4.69, 9.17) is 0 Å². The number of aromatic nitrogens is 1. The fourth-order valence-electron chi connectivity index (χ4n) is 3.21. The van der Waals surface area contributed by atoms with Crippen molar-refractivity contribution in [3.63, 3.8) is 0 Å². The van der Waals surface area contributed by atoms with Crippen LogP contribution in [-0.4, -0.2) is 94.5 Å². The molecule has 1 aliphatic rings. The fraction of sp³-hybridized carbons (Fsp3) is 0.722. The van der Waals surface area contributed by atoms with Crippen LogP contribution < -0.4 is 5.11 Å². The van der Waals surface area contributed by atoms with Crippen molar-refractivity contribution in [1.29, 1.82) is 0 Å². The molecule has 1 aliphatic heterocycles. The van der Waals surface area contributed by atoms with Gasteiger partial charge >= 0.3 is 17.1 Å². The quantitative estimate of drug-likeness (QED) is 0.606. The SMILES string of the molecule is C[C@H](O)CN1CCN(Cc2ncccc2[O-])CCN(C[C@H](C)O)CC1.[Fe+6]. The van der Waals surface area contributed by atoms with Crippen LogP contribution in [-0.2, 0) is 23.6 Å². The van der Waals surface area contributed by atoms with Gasteiger partial charge < -0.3 is 15.3 Å². The summed E-state index contributed by atoms with van der Waals surface area (Å²) in [4.78, 5) is 10.9. The molecule has 0 aromatic carbocycles. The largest absolute Gasteiger partial charge is 6.00 e. The normalized spacial score (nSPS) is 20.5. The van der Waals surface area contributed by atoms with Gasteiger partial charge in [-0.25, -0.2) is 0 Å². The van der Waals surface area contributed by atoms with Crippen molar-refractivity contribution in [3.05, 3.63) is 24.0 Å². The molecule has 0 amide bonds. The Morgan fingerprint density at radius 3 is 1.85 bits per heavy atom. The summed E-state index contributed by atoms with van der Waals surface area (Å²) in [6.07, 6.45) is 0.916. The molecular weight excluding hydrogens is 376 g/mol. The molecule has 26 heavy (non-hydrogen) atoms.